The molecule has 1 aromatic heterocycles. The van der Waals surface area contributed by atoms with Gasteiger partial charge in [-0.05, 0) is 68.0 Å². The van der Waals surface area contributed by atoms with Crippen molar-refractivity contribution in [1.82, 2.24) is 19.7 Å². The van der Waals surface area contributed by atoms with Gasteiger partial charge in [0.2, 0.25) is 17.7 Å². The van der Waals surface area contributed by atoms with Crippen molar-refractivity contribution in [3.8, 4) is 16.9 Å². The highest BCUT2D eigenvalue weighted by Crippen LogP contribution is 2.37. The number of aliphatic imine (C=N–C) groups is 1. The summed E-state index contributed by atoms with van der Waals surface area (Å²) in [6, 6.07) is 8.29. The number of carbonyl (C=O) groups is 3. The summed E-state index contributed by atoms with van der Waals surface area (Å²) in [4.78, 5) is 60.3. The third kappa shape index (κ3) is 7.54. The number of fused-ring (bicyclic) bond motifs is 1. The fourth-order valence-electron chi connectivity index (χ4n) is 8.08. The molecule has 0 aliphatic carbocycles. The summed E-state index contributed by atoms with van der Waals surface area (Å²) >= 11 is 6.91. The first-order valence-corrected chi connectivity index (χ1v) is 18.6. The molecule has 7 rings (SSSR count). The van der Waals surface area contributed by atoms with Crippen molar-refractivity contribution in [1.29, 1.82) is 0 Å². The molecule has 0 saturated carbocycles. The minimum Gasteiger partial charge on any atom is -0.496 e. The number of halogens is 2. The molecule has 3 aromatic rings. The van der Waals surface area contributed by atoms with Gasteiger partial charge in [0.05, 0.1) is 19.3 Å². The van der Waals surface area contributed by atoms with Crippen LogP contribution in [0.25, 0.3) is 11.1 Å². The molecule has 3 amide bonds. The molecule has 0 bridgehead atoms. The maximum absolute atomic E-state index is 15.2. The maximum Gasteiger partial charge on any atom is 0.256 e. The lowest BCUT2D eigenvalue weighted by Gasteiger charge is -2.40. The smallest absolute Gasteiger partial charge is 0.256 e. The first-order valence-electron chi connectivity index (χ1n) is 18.2. The third-order valence-electron chi connectivity index (χ3n) is 11.2. The van der Waals surface area contributed by atoms with E-state index in [0.29, 0.717) is 73.2 Å². The van der Waals surface area contributed by atoms with Crippen molar-refractivity contribution < 1.29 is 23.5 Å². The van der Waals surface area contributed by atoms with Crippen molar-refractivity contribution in [2.45, 2.75) is 63.7 Å². The van der Waals surface area contributed by atoms with Gasteiger partial charge in [-0.2, -0.15) is 0 Å². The lowest BCUT2D eigenvalue weighted by Crippen LogP contribution is -2.49. The van der Waals surface area contributed by atoms with E-state index in [-0.39, 0.29) is 35.8 Å². The summed E-state index contributed by atoms with van der Waals surface area (Å²) < 4.78 is 22.6. The minimum atomic E-state index is -0.583. The molecule has 0 spiro atoms. The number of piperidine rings is 3. The van der Waals surface area contributed by atoms with Crippen LogP contribution in [0.1, 0.15) is 55.2 Å². The molecule has 3 fully saturated rings. The van der Waals surface area contributed by atoms with Gasteiger partial charge in [0.15, 0.2) is 0 Å². The zero-order valence-electron chi connectivity index (χ0n) is 30.3. The molecule has 1 unspecified atom stereocenters. The molecular formula is C39H45ClFN7O5. The molecule has 53 heavy (non-hydrogen) atoms. The average molecular weight is 746 g/mol. The Morgan fingerprint density at radius 2 is 1.83 bits per heavy atom. The molecule has 4 aliphatic rings. The highest BCUT2D eigenvalue weighted by atomic mass is 35.5. The van der Waals surface area contributed by atoms with Crippen molar-refractivity contribution in [3.63, 3.8) is 0 Å². The van der Waals surface area contributed by atoms with E-state index >= 15 is 4.39 Å². The number of carbonyl (C=O) groups excluding carboxylic acids is 3. The zero-order chi connectivity index (χ0) is 37.4. The number of imide groups is 1. The van der Waals surface area contributed by atoms with Crippen LogP contribution < -0.4 is 25.8 Å². The molecule has 0 radical (unpaired) electrons. The highest BCUT2D eigenvalue weighted by Gasteiger charge is 2.33. The molecule has 5 heterocycles. The molecule has 14 heteroatoms. The van der Waals surface area contributed by atoms with E-state index in [1.165, 1.54) is 6.07 Å². The number of pyridine rings is 1. The predicted molar refractivity (Wildman–Crippen MR) is 202 cm³/mol. The fraction of sp³-hybridized carbons (Fsp3) is 0.462. The monoisotopic (exact) mass is 745 g/mol. The Balaban J connectivity index is 0.913. The van der Waals surface area contributed by atoms with Crippen LogP contribution >= 0.6 is 11.6 Å². The largest absolute Gasteiger partial charge is 0.496 e. The number of likely N-dealkylation sites (tertiary alicyclic amines) is 1. The third-order valence-corrected chi connectivity index (χ3v) is 11.6. The summed E-state index contributed by atoms with van der Waals surface area (Å²) in [6.07, 6.45) is 7.14. The Hall–Kier alpha value is -4.75. The quantitative estimate of drug-likeness (QED) is 0.310. The number of nitrogens with zero attached hydrogens (tertiary/aromatic N) is 5. The second-order valence-electron chi connectivity index (χ2n) is 14.5. The van der Waals surface area contributed by atoms with Crippen LogP contribution in [0.3, 0.4) is 0 Å². The number of methoxy groups -OCH3 is 1. The minimum absolute atomic E-state index is 0.0453. The van der Waals surface area contributed by atoms with Gasteiger partial charge in [0, 0.05) is 111 Å². The van der Waals surface area contributed by atoms with Crippen LogP contribution in [0.2, 0.25) is 5.02 Å². The van der Waals surface area contributed by atoms with E-state index in [1.807, 2.05) is 35.2 Å². The first kappa shape index (κ1) is 36.6. The van der Waals surface area contributed by atoms with Gasteiger partial charge in [-0.1, -0.05) is 11.6 Å². The van der Waals surface area contributed by atoms with Crippen molar-refractivity contribution in [2.75, 3.05) is 50.6 Å². The Kier molecular flexibility index (Phi) is 10.6. The summed E-state index contributed by atoms with van der Waals surface area (Å²) in [5.74, 6) is -0.387. The molecule has 280 valence electrons. The molecule has 12 nitrogen and oxygen atoms in total. The summed E-state index contributed by atoms with van der Waals surface area (Å²) in [7, 11) is 5.29. The van der Waals surface area contributed by atoms with Crippen LogP contribution in [0.4, 0.5) is 15.8 Å². The first-order chi connectivity index (χ1) is 25.5. The van der Waals surface area contributed by atoms with Crippen LogP contribution in [0.15, 0.2) is 46.3 Å². The molecule has 1 atom stereocenters. The van der Waals surface area contributed by atoms with Gasteiger partial charge in [0.25, 0.3) is 5.56 Å². The topological polar surface area (TPSA) is 129 Å². The van der Waals surface area contributed by atoms with E-state index in [0.717, 1.165) is 48.2 Å². The summed E-state index contributed by atoms with van der Waals surface area (Å²) in [5, 5.41) is 5.93. The number of hydrogen-bond acceptors (Lipinski definition) is 9. The van der Waals surface area contributed by atoms with E-state index in [1.54, 1.807) is 37.1 Å². The lowest BCUT2D eigenvalue weighted by molar-refractivity contribution is -0.138. The van der Waals surface area contributed by atoms with Crippen LogP contribution in [0, 0.1) is 11.7 Å². The Labute approximate surface area is 312 Å². The highest BCUT2D eigenvalue weighted by molar-refractivity contribution is 6.32. The second-order valence-corrected chi connectivity index (χ2v) is 14.9. The molecule has 4 aliphatic heterocycles. The number of amides is 3. The number of aromatic nitrogens is 1. The van der Waals surface area contributed by atoms with Gasteiger partial charge in [-0.25, -0.2) is 4.39 Å². The van der Waals surface area contributed by atoms with Crippen LogP contribution in [0.5, 0.6) is 5.75 Å². The Bertz CT molecular complexity index is 2020. The molecule has 2 aromatic carbocycles. The molecule has 2 N–H and O–H groups in total. The number of ether oxygens (including phenoxy) is 1. The van der Waals surface area contributed by atoms with Gasteiger partial charge >= 0.3 is 0 Å². The Morgan fingerprint density at radius 3 is 2.53 bits per heavy atom. The standard InChI is InChI=1S/C39H45ClFN7O5/c1-45-21-29(27-19-42-20-28(27)39(45)52)24-16-31(40)30(35(17-24)53-3)22-47-12-10-26(11-13-47)46(2)38(51)23-8-14-48(15-9-23)34-6-4-25(18-32(34)41)43-33-5-7-36(49)44-37(33)50/h4,6,16-19,21,23,26,33,43H,5,7-15,20,22H2,1-3H3,(H,44,49,50). The summed E-state index contributed by atoms with van der Waals surface area (Å²) in [5.41, 5.74) is 5.07. The Morgan fingerprint density at radius 1 is 1.08 bits per heavy atom. The normalized spacial score (nSPS) is 19.6. The predicted octanol–water partition coefficient (Wildman–Crippen LogP) is 4.34. The maximum atomic E-state index is 15.2. The number of benzene rings is 2. The molecular weight excluding hydrogens is 701 g/mol. The van der Waals surface area contributed by atoms with E-state index < -0.39 is 17.8 Å². The van der Waals surface area contributed by atoms with E-state index in [4.69, 9.17) is 16.3 Å². The fourth-order valence-corrected chi connectivity index (χ4v) is 8.35. The zero-order valence-corrected chi connectivity index (χ0v) is 31.0. The van der Waals surface area contributed by atoms with Crippen molar-refractivity contribution in [2.24, 2.45) is 18.0 Å². The average Bonchev–Trinajstić information content (AvgIpc) is 3.65. The van der Waals surface area contributed by atoms with Crippen LogP contribution in [-0.2, 0) is 34.5 Å². The van der Waals surface area contributed by atoms with Crippen molar-refractivity contribution >= 4 is 46.9 Å². The SMILES string of the molecule is COc1cc(-c2cn(C)c(=O)c3c2C=NC3)cc(Cl)c1CN1CCC(N(C)C(=O)C2CCN(c3ccc(NC4CCC(=O)NC4=O)cc3F)CC2)CC1. The molecule has 3 saturated heterocycles. The number of rotatable bonds is 9. The number of hydrogen-bond donors (Lipinski definition) is 2. The summed E-state index contributed by atoms with van der Waals surface area (Å²) in [6.45, 7) is 3.74. The van der Waals surface area contributed by atoms with Gasteiger partial charge in [0.1, 0.15) is 17.6 Å². The van der Waals surface area contributed by atoms with Gasteiger partial charge < -0.3 is 24.4 Å². The number of anilines is 2. The van der Waals surface area contributed by atoms with Crippen molar-refractivity contribution in [3.05, 3.63) is 74.4 Å². The van der Waals surface area contributed by atoms with Gasteiger partial charge in [-0.3, -0.25) is 34.4 Å². The second kappa shape index (κ2) is 15.3. The van der Waals surface area contributed by atoms with Gasteiger partial charge in [-0.15, -0.1) is 0 Å². The number of aryl methyl sites for hydroxylation is 1. The lowest BCUT2D eigenvalue weighted by atomic mass is 9.93. The number of nitrogens with one attached hydrogen (secondary N) is 2. The van der Waals surface area contributed by atoms with E-state index in [9.17, 15) is 19.2 Å². The van der Waals surface area contributed by atoms with Crippen LogP contribution in [-0.4, -0.2) is 90.7 Å². The van der Waals surface area contributed by atoms with E-state index in [2.05, 4.69) is 20.5 Å².